The molecular weight excluding hydrogens is 498 g/mol. The molecule has 9 nitrogen and oxygen atoms in total. The molecule has 0 aliphatic rings. The molecule has 34 heavy (non-hydrogen) atoms. The lowest BCUT2D eigenvalue weighted by atomic mass is 10.2. The third-order valence-electron chi connectivity index (χ3n) is 4.96. The summed E-state index contributed by atoms with van der Waals surface area (Å²) in [5.74, 6) is 1.10. The zero-order valence-electron chi connectivity index (χ0n) is 18.6. The number of sulfonamides is 1. The predicted octanol–water partition coefficient (Wildman–Crippen LogP) is 4.35. The molecule has 4 aromatic rings. The van der Waals surface area contributed by atoms with E-state index in [1.165, 1.54) is 25.6 Å². The van der Waals surface area contributed by atoms with Gasteiger partial charge in [0.15, 0.2) is 5.82 Å². The number of ether oxygens (including phenoxy) is 2. The van der Waals surface area contributed by atoms with Gasteiger partial charge in [-0.1, -0.05) is 29.8 Å². The number of hydrogen-bond acceptors (Lipinski definition) is 8. The van der Waals surface area contributed by atoms with Gasteiger partial charge in [0.25, 0.3) is 0 Å². The Morgan fingerprint density at radius 1 is 1.06 bits per heavy atom. The van der Waals surface area contributed by atoms with E-state index in [0.29, 0.717) is 40.1 Å². The third kappa shape index (κ3) is 5.16. The summed E-state index contributed by atoms with van der Waals surface area (Å²) in [7, 11) is -0.744. The number of anilines is 1. The predicted molar refractivity (Wildman–Crippen MR) is 133 cm³/mol. The summed E-state index contributed by atoms with van der Waals surface area (Å²) < 4.78 is 41.2. The van der Waals surface area contributed by atoms with Gasteiger partial charge in [0, 0.05) is 10.4 Å². The number of aromatic nitrogens is 4. The number of halogens is 1. The van der Waals surface area contributed by atoms with E-state index in [1.54, 1.807) is 47.0 Å². The van der Waals surface area contributed by atoms with Crippen LogP contribution in [0.5, 0.6) is 11.5 Å². The Bertz CT molecular complexity index is 1380. The van der Waals surface area contributed by atoms with Crippen molar-refractivity contribution >= 4 is 38.9 Å². The van der Waals surface area contributed by atoms with Gasteiger partial charge in [-0.3, -0.25) is 9.29 Å². The lowest BCUT2D eigenvalue weighted by Gasteiger charge is -2.17. The molecule has 0 aliphatic heterocycles. The summed E-state index contributed by atoms with van der Waals surface area (Å²) in [5.41, 5.74) is 1.85. The van der Waals surface area contributed by atoms with E-state index in [0.717, 1.165) is 10.6 Å². The average molecular weight is 520 g/mol. The average Bonchev–Trinajstić information content (AvgIpc) is 3.43. The molecule has 0 bridgehead atoms. The number of hydrogen-bond donors (Lipinski definition) is 1. The first kappa shape index (κ1) is 24.0. The molecule has 2 heterocycles. The quantitative estimate of drug-likeness (QED) is 0.350. The van der Waals surface area contributed by atoms with E-state index in [9.17, 15) is 8.42 Å². The highest BCUT2D eigenvalue weighted by Crippen LogP contribution is 2.37. The summed E-state index contributed by atoms with van der Waals surface area (Å²) in [4.78, 5) is 4.50. The fraction of sp³-hybridized carbons (Fsp3) is 0.227. The van der Waals surface area contributed by atoms with E-state index >= 15 is 0 Å². The van der Waals surface area contributed by atoms with E-state index in [4.69, 9.17) is 21.1 Å². The van der Waals surface area contributed by atoms with Crippen molar-refractivity contribution in [2.24, 2.45) is 0 Å². The highest BCUT2D eigenvalue weighted by Gasteiger charge is 2.26. The van der Waals surface area contributed by atoms with Crippen molar-refractivity contribution < 1.29 is 17.9 Å². The Hall–Kier alpha value is -3.15. The molecule has 0 spiro atoms. The van der Waals surface area contributed by atoms with E-state index in [2.05, 4.69) is 19.9 Å². The Balaban J connectivity index is 1.75. The third-order valence-corrected chi connectivity index (χ3v) is 7.22. The smallest absolute Gasteiger partial charge is 0.243 e. The van der Waals surface area contributed by atoms with Crippen molar-refractivity contribution in [3.05, 3.63) is 63.4 Å². The second-order valence-corrected chi connectivity index (χ2v) is 10.6. The zero-order chi connectivity index (χ0) is 24.3. The normalized spacial score (nSPS) is 11.4. The van der Waals surface area contributed by atoms with Crippen LogP contribution in [0, 0.1) is 6.92 Å². The van der Waals surface area contributed by atoms with Crippen molar-refractivity contribution in [3.63, 3.8) is 0 Å². The lowest BCUT2D eigenvalue weighted by molar-refractivity contribution is 0.391. The summed E-state index contributed by atoms with van der Waals surface area (Å²) in [6.45, 7) is 1.87. The van der Waals surface area contributed by atoms with Gasteiger partial charge < -0.3 is 9.47 Å². The van der Waals surface area contributed by atoms with E-state index < -0.39 is 10.0 Å². The van der Waals surface area contributed by atoms with Gasteiger partial charge in [0.05, 0.1) is 25.0 Å². The molecule has 0 fully saturated rings. The molecule has 0 saturated heterocycles. The van der Waals surface area contributed by atoms with Crippen molar-refractivity contribution in [1.82, 2.24) is 19.7 Å². The molecule has 0 atom stereocenters. The molecule has 2 aromatic carbocycles. The topological polar surface area (TPSA) is 108 Å². The number of aryl methyl sites for hydroxylation is 2. The van der Waals surface area contributed by atoms with Gasteiger partial charge in [-0.15, -0.1) is 21.5 Å². The maximum absolute atomic E-state index is 13.0. The Morgan fingerprint density at radius 2 is 1.74 bits per heavy atom. The van der Waals surface area contributed by atoms with Crippen LogP contribution >= 0.6 is 22.9 Å². The number of thiazole rings is 1. The first-order valence-corrected chi connectivity index (χ1v) is 13.1. The largest absolute Gasteiger partial charge is 0.494 e. The van der Waals surface area contributed by atoms with Gasteiger partial charge in [-0.05, 0) is 43.2 Å². The fourth-order valence-electron chi connectivity index (χ4n) is 3.34. The molecule has 0 amide bonds. The van der Waals surface area contributed by atoms with Crippen molar-refractivity contribution in [3.8, 4) is 28.7 Å². The summed E-state index contributed by atoms with van der Waals surface area (Å²) in [6, 6.07) is 12.3. The molecule has 4 rings (SSSR count). The maximum atomic E-state index is 13.0. The van der Waals surface area contributed by atoms with Crippen LogP contribution in [-0.2, 0) is 16.4 Å². The summed E-state index contributed by atoms with van der Waals surface area (Å²) in [5, 5.41) is 11.6. The summed E-state index contributed by atoms with van der Waals surface area (Å²) >= 11 is 7.36. The Kier molecular flexibility index (Phi) is 7.05. The summed E-state index contributed by atoms with van der Waals surface area (Å²) in [6.07, 6.45) is 0.302. The van der Waals surface area contributed by atoms with Gasteiger partial charge in [0.2, 0.25) is 16.0 Å². The standard InChI is InChI=1S/C22H22ClN5O4S2/c1-14-24-17(13-33-14)21-25-26-22(28(21)20-18(31-2)5-4-6-19(20)32-3)27-34(29,30)12-11-15-7-9-16(23)10-8-15/h4-10,13H,11-12H2,1-3H3,(H,26,27). The van der Waals surface area contributed by atoms with Crippen LogP contribution in [0.25, 0.3) is 17.2 Å². The van der Waals surface area contributed by atoms with Crippen molar-refractivity contribution in [1.29, 1.82) is 0 Å². The minimum Gasteiger partial charge on any atom is -0.494 e. The Labute approximate surface area is 206 Å². The number of para-hydroxylation sites is 1. The van der Waals surface area contributed by atoms with Crippen LogP contribution in [0.2, 0.25) is 5.02 Å². The molecule has 0 aliphatic carbocycles. The first-order chi connectivity index (χ1) is 16.3. The minimum atomic E-state index is -3.78. The van der Waals surface area contributed by atoms with Crippen LogP contribution in [0.4, 0.5) is 5.95 Å². The molecule has 178 valence electrons. The molecule has 2 aromatic heterocycles. The molecule has 12 heteroatoms. The van der Waals surface area contributed by atoms with Crippen LogP contribution < -0.4 is 14.2 Å². The minimum absolute atomic E-state index is 0.000408. The molecule has 0 unspecified atom stereocenters. The highest BCUT2D eigenvalue weighted by atomic mass is 35.5. The highest BCUT2D eigenvalue weighted by molar-refractivity contribution is 7.92. The second-order valence-electron chi connectivity index (χ2n) is 7.24. The number of rotatable bonds is 9. The Morgan fingerprint density at radius 3 is 2.32 bits per heavy atom. The maximum Gasteiger partial charge on any atom is 0.243 e. The lowest BCUT2D eigenvalue weighted by Crippen LogP contribution is -2.21. The van der Waals surface area contributed by atoms with Crippen LogP contribution in [0.3, 0.4) is 0 Å². The van der Waals surface area contributed by atoms with Crippen LogP contribution in [0.15, 0.2) is 47.8 Å². The van der Waals surface area contributed by atoms with Gasteiger partial charge in [-0.25, -0.2) is 13.4 Å². The van der Waals surface area contributed by atoms with Crippen LogP contribution in [0.1, 0.15) is 10.6 Å². The van der Waals surface area contributed by atoms with Gasteiger partial charge >= 0.3 is 0 Å². The molecular formula is C22H22ClN5O4S2. The van der Waals surface area contributed by atoms with Crippen molar-refractivity contribution in [2.75, 3.05) is 24.7 Å². The fourth-order valence-corrected chi connectivity index (χ4v) is 5.07. The van der Waals surface area contributed by atoms with Crippen LogP contribution in [-0.4, -0.2) is 48.1 Å². The monoisotopic (exact) mass is 519 g/mol. The second kappa shape index (κ2) is 10.00. The van der Waals surface area contributed by atoms with Crippen molar-refractivity contribution in [2.45, 2.75) is 13.3 Å². The zero-order valence-corrected chi connectivity index (χ0v) is 21.0. The number of benzene rings is 2. The molecule has 0 saturated carbocycles. The molecule has 0 radical (unpaired) electrons. The SMILES string of the molecule is COc1cccc(OC)c1-n1c(NS(=O)(=O)CCc2ccc(Cl)cc2)nnc1-c1csc(C)n1. The first-order valence-electron chi connectivity index (χ1n) is 10.2. The molecule has 1 N–H and O–H groups in total. The number of nitrogens with zero attached hydrogens (tertiary/aromatic N) is 4. The number of methoxy groups -OCH3 is 2. The van der Waals surface area contributed by atoms with Gasteiger partial charge in [0.1, 0.15) is 22.9 Å². The van der Waals surface area contributed by atoms with E-state index in [-0.39, 0.29) is 11.7 Å². The number of nitrogens with one attached hydrogen (secondary N) is 1. The van der Waals surface area contributed by atoms with E-state index in [1.807, 2.05) is 12.3 Å². The van der Waals surface area contributed by atoms with Gasteiger partial charge in [-0.2, -0.15) is 0 Å².